The van der Waals surface area contributed by atoms with Crippen LogP contribution in [0.25, 0.3) is 0 Å². The molecule has 0 radical (unpaired) electrons. The van der Waals surface area contributed by atoms with Gasteiger partial charge in [0.15, 0.2) is 0 Å². The highest BCUT2D eigenvalue weighted by Crippen LogP contribution is 2.27. The lowest BCUT2D eigenvalue weighted by Crippen LogP contribution is -2.13. The van der Waals surface area contributed by atoms with Crippen molar-refractivity contribution in [2.75, 3.05) is 11.5 Å². The van der Waals surface area contributed by atoms with E-state index in [0.717, 1.165) is 33.9 Å². The average Bonchev–Trinajstić information content (AvgIpc) is 2.57. The molecule has 0 amide bonds. The molecule has 2 aromatic carbocycles. The maximum absolute atomic E-state index is 6.27. The fourth-order valence-corrected chi connectivity index (χ4v) is 2.98. The van der Waals surface area contributed by atoms with Gasteiger partial charge < -0.3 is 11.5 Å². The van der Waals surface area contributed by atoms with Crippen molar-refractivity contribution in [2.24, 2.45) is 10.2 Å². The molecule has 2 aromatic rings. The topological polar surface area (TPSA) is 76.8 Å². The molecule has 0 aromatic heterocycles. The first-order valence-corrected chi connectivity index (χ1v) is 9.70. The molecule has 4 N–H and O–H groups in total. The molecule has 0 aliphatic rings. The second kappa shape index (κ2) is 7.78. The predicted molar refractivity (Wildman–Crippen MR) is 124 cm³/mol. The zero-order chi connectivity index (χ0) is 21.3. The second-order valence-corrected chi connectivity index (χ2v) is 9.47. The molecule has 0 aliphatic carbocycles. The van der Waals surface area contributed by atoms with Gasteiger partial charge >= 0.3 is 0 Å². The Labute approximate surface area is 169 Å². The summed E-state index contributed by atoms with van der Waals surface area (Å²) in [6, 6.07) is 12.3. The SMILES string of the molecule is C/C(=N\N=C(/C)c1ccc(C(C)(C)C)cc1N)c1ccc(C(C)(C)C)cc1N. The van der Waals surface area contributed by atoms with Gasteiger partial charge in [0.25, 0.3) is 0 Å². The number of nitrogens with two attached hydrogens (primary N) is 2. The standard InChI is InChI=1S/C24H34N4/c1-15(19-11-9-17(13-21(19)25)23(3,4)5)27-28-16(2)20-12-10-18(14-22(20)26)24(6,7)8/h9-14H,25-26H2,1-8H3/b27-15+,28-16+. The van der Waals surface area contributed by atoms with Crippen LogP contribution in [0.1, 0.15) is 77.6 Å². The fraction of sp³-hybridized carbons (Fsp3) is 0.417. The van der Waals surface area contributed by atoms with Crippen LogP contribution in [0.15, 0.2) is 46.6 Å². The van der Waals surface area contributed by atoms with Gasteiger partial charge in [-0.15, -0.1) is 0 Å². The molecule has 0 saturated heterocycles. The highest BCUT2D eigenvalue weighted by molar-refractivity contribution is 6.06. The zero-order valence-electron chi connectivity index (χ0n) is 18.5. The van der Waals surface area contributed by atoms with Gasteiger partial charge in [-0.1, -0.05) is 65.8 Å². The number of hydrogen-bond acceptors (Lipinski definition) is 4. The lowest BCUT2D eigenvalue weighted by Gasteiger charge is -2.20. The summed E-state index contributed by atoms with van der Waals surface area (Å²) < 4.78 is 0. The van der Waals surface area contributed by atoms with Crippen LogP contribution in [-0.2, 0) is 10.8 Å². The van der Waals surface area contributed by atoms with Crippen LogP contribution in [0.4, 0.5) is 11.4 Å². The molecule has 2 rings (SSSR count). The minimum absolute atomic E-state index is 0.0587. The molecule has 0 saturated carbocycles. The summed E-state index contributed by atoms with van der Waals surface area (Å²) in [6.07, 6.45) is 0. The van der Waals surface area contributed by atoms with Crippen molar-refractivity contribution < 1.29 is 0 Å². The van der Waals surface area contributed by atoms with E-state index < -0.39 is 0 Å². The molecule has 0 spiro atoms. The Morgan fingerprint density at radius 1 is 0.643 bits per heavy atom. The highest BCUT2D eigenvalue weighted by atomic mass is 15.2. The normalized spacial score (nSPS) is 13.7. The Kier molecular flexibility index (Phi) is 6.03. The number of nitrogens with zero attached hydrogens (tertiary/aromatic N) is 2. The molecule has 4 nitrogen and oxygen atoms in total. The van der Waals surface area contributed by atoms with Crippen molar-refractivity contribution in [3.63, 3.8) is 0 Å². The highest BCUT2D eigenvalue weighted by Gasteiger charge is 2.16. The van der Waals surface area contributed by atoms with Crippen LogP contribution >= 0.6 is 0 Å². The summed E-state index contributed by atoms with van der Waals surface area (Å²) in [4.78, 5) is 0. The maximum Gasteiger partial charge on any atom is 0.0692 e. The Morgan fingerprint density at radius 2 is 0.964 bits per heavy atom. The largest absolute Gasteiger partial charge is 0.398 e. The first-order valence-electron chi connectivity index (χ1n) is 9.70. The minimum atomic E-state index is 0.0587. The molecule has 28 heavy (non-hydrogen) atoms. The molecule has 150 valence electrons. The van der Waals surface area contributed by atoms with E-state index in [-0.39, 0.29) is 10.8 Å². The lowest BCUT2D eigenvalue weighted by molar-refractivity contribution is 0.590. The quantitative estimate of drug-likeness (QED) is 0.409. The fourth-order valence-electron chi connectivity index (χ4n) is 2.98. The third-order valence-electron chi connectivity index (χ3n) is 4.96. The third-order valence-corrected chi connectivity index (χ3v) is 4.96. The first kappa shape index (κ1) is 21.7. The Balaban J connectivity index is 2.32. The van der Waals surface area contributed by atoms with Crippen LogP contribution in [0, 0.1) is 0 Å². The van der Waals surface area contributed by atoms with Crippen molar-refractivity contribution in [3.05, 3.63) is 58.7 Å². The lowest BCUT2D eigenvalue weighted by atomic mass is 9.86. The van der Waals surface area contributed by atoms with E-state index in [9.17, 15) is 0 Å². The molecular weight excluding hydrogens is 344 g/mol. The summed E-state index contributed by atoms with van der Waals surface area (Å²) in [6.45, 7) is 16.9. The number of nitrogen functional groups attached to an aromatic ring is 2. The summed E-state index contributed by atoms with van der Waals surface area (Å²) in [5.74, 6) is 0. The minimum Gasteiger partial charge on any atom is -0.398 e. The third kappa shape index (κ3) is 5.00. The van der Waals surface area contributed by atoms with Gasteiger partial charge in [-0.25, -0.2) is 0 Å². The second-order valence-electron chi connectivity index (χ2n) is 9.47. The van der Waals surface area contributed by atoms with E-state index in [1.54, 1.807) is 0 Å². The summed E-state index contributed by atoms with van der Waals surface area (Å²) in [5.41, 5.74) is 19.9. The van der Waals surface area contributed by atoms with Gasteiger partial charge in [0.2, 0.25) is 0 Å². The molecule has 4 heteroatoms. The van der Waals surface area contributed by atoms with E-state index >= 15 is 0 Å². The van der Waals surface area contributed by atoms with Crippen molar-refractivity contribution in [3.8, 4) is 0 Å². The zero-order valence-corrected chi connectivity index (χ0v) is 18.5. The van der Waals surface area contributed by atoms with Gasteiger partial charge in [-0.3, -0.25) is 0 Å². The predicted octanol–water partition coefficient (Wildman–Crippen LogP) is 5.68. The van der Waals surface area contributed by atoms with Crippen LogP contribution in [-0.4, -0.2) is 11.4 Å². The van der Waals surface area contributed by atoms with Crippen LogP contribution < -0.4 is 11.5 Å². The Hall–Kier alpha value is -2.62. The molecule has 0 unspecified atom stereocenters. The first-order chi connectivity index (χ1) is 12.8. The molecular formula is C24H34N4. The smallest absolute Gasteiger partial charge is 0.0692 e. The van der Waals surface area contributed by atoms with Crippen molar-refractivity contribution in [2.45, 2.75) is 66.2 Å². The summed E-state index contributed by atoms with van der Waals surface area (Å²) >= 11 is 0. The number of hydrogen-bond donors (Lipinski definition) is 2. The summed E-state index contributed by atoms with van der Waals surface area (Å²) in [7, 11) is 0. The number of benzene rings is 2. The number of rotatable bonds is 3. The molecule has 0 heterocycles. The van der Waals surface area contributed by atoms with E-state index in [2.05, 4.69) is 63.9 Å². The Bertz CT molecular complexity index is 845. The molecule has 0 atom stereocenters. The van der Waals surface area contributed by atoms with E-state index in [4.69, 9.17) is 11.5 Å². The van der Waals surface area contributed by atoms with Crippen molar-refractivity contribution in [1.82, 2.24) is 0 Å². The average molecular weight is 379 g/mol. The molecule has 0 bridgehead atoms. The molecule has 0 aliphatic heterocycles. The van der Waals surface area contributed by atoms with Crippen LogP contribution in [0.3, 0.4) is 0 Å². The number of anilines is 2. The maximum atomic E-state index is 6.27. The summed E-state index contributed by atoms with van der Waals surface area (Å²) in [5, 5.41) is 8.81. The van der Waals surface area contributed by atoms with E-state index in [1.807, 2.05) is 38.1 Å². The van der Waals surface area contributed by atoms with Gasteiger partial charge in [-0.2, -0.15) is 10.2 Å². The van der Waals surface area contributed by atoms with Crippen molar-refractivity contribution >= 4 is 22.8 Å². The van der Waals surface area contributed by atoms with E-state index in [0.29, 0.717) is 0 Å². The van der Waals surface area contributed by atoms with Crippen LogP contribution in [0.5, 0.6) is 0 Å². The Morgan fingerprint density at radius 3 is 1.21 bits per heavy atom. The van der Waals surface area contributed by atoms with Crippen molar-refractivity contribution in [1.29, 1.82) is 0 Å². The van der Waals surface area contributed by atoms with Gasteiger partial charge in [0.1, 0.15) is 0 Å². The molecule has 0 fully saturated rings. The van der Waals surface area contributed by atoms with Crippen LogP contribution in [0.2, 0.25) is 0 Å². The van der Waals surface area contributed by atoms with Gasteiger partial charge in [0, 0.05) is 22.5 Å². The van der Waals surface area contributed by atoms with E-state index in [1.165, 1.54) is 11.1 Å². The van der Waals surface area contributed by atoms with Gasteiger partial charge in [0.05, 0.1) is 11.4 Å². The monoisotopic (exact) mass is 378 g/mol. The van der Waals surface area contributed by atoms with Gasteiger partial charge in [-0.05, 0) is 47.9 Å².